The van der Waals surface area contributed by atoms with Crippen molar-refractivity contribution in [3.05, 3.63) is 394 Å². The largest absolute Gasteiger partial charge is 0.278 e. The van der Waals surface area contributed by atoms with Crippen LogP contribution in [0.5, 0.6) is 0 Å². The fraction of sp³-hybridized carbons (Fsp3) is 0. The summed E-state index contributed by atoms with van der Waals surface area (Å²) in [6.45, 7) is 0. The zero-order valence-electron chi connectivity index (χ0n) is 54.8. The molecule has 0 aliphatic heterocycles. The summed E-state index contributed by atoms with van der Waals surface area (Å²) in [5.74, 6) is 1.59. The van der Waals surface area contributed by atoms with Gasteiger partial charge in [0.1, 0.15) is 0 Å². The van der Waals surface area contributed by atoms with Crippen LogP contribution in [0.2, 0.25) is 0 Å². The van der Waals surface area contributed by atoms with Gasteiger partial charge in [0.15, 0.2) is 22.0 Å². The summed E-state index contributed by atoms with van der Waals surface area (Å²) in [5.41, 5.74) is 14.2. The van der Waals surface area contributed by atoms with Crippen LogP contribution in [0, 0.1) is 0 Å². The zero-order valence-corrected chi connectivity index (χ0v) is 56.8. The molecule has 7 heteroatoms. The molecule has 470 valence electrons. The molecular formula is C93H65N5Si2. The van der Waals surface area contributed by atoms with Crippen molar-refractivity contribution in [2.24, 2.45) is 0 Å². The first-order valence-electron chi connectivity index (χ1n) is 34.2. The molecule has 0 unspecified atom stereocenters. The van der Waals surface area contributed by atoms with E-state index < -0.39 is 16.1 Å². The van der Waals surface area contributed by atoms with Crippen LogP contribution in [0.3, 0.4) is 0 Å². The predicted molar refractivity (Wildman–Crippen MR) is 423 cm³/mol. The first-order valence-corrected chi connectivity index (χ1v) is 38.2. The first-order chi connectivity index (χ1) is 49.6. The van der Waals surface area contributed by atoms with Crippen LogP contribution in [-0.4, -0.2) is 40.2 Å². The van der Waals surface area contributed by atoms with Crippen molar-refractivity contribution < 1.29 is 0 Å². The van der Waals surface area contributed by atoms with Gasteiger partial charge in [-0.1, -0.05) is 370 Å². The lowest BCUT2D eigenvalue weighted by atomic mass is 10.1. The third kappa shape index (κ3) is 10.3. The molecule has 5 nitrogen and oxygen atoms in total. The molecule has 0 radical (unpaired) electrons. The number of fused-ring (bicyclic) bond motifs is 6. The number of nitrogens with zero attached hydrogens (tertiary/aromatic N) is 5. The Morgan fingerprint density at radius 1 is 0.170 bits per heavy atom. The lowest BCUT2D eigenvalue weighted by Gasteiger charge is -2.38. The Labute approximate surface area is 583 Å². The normalized spacial score (nSPS) is 11.8. The highest BCUT2D eigenvalue weighted by Crippen LogP contribution is 2.36. The van der Waals surface area contributed by atoms with Crippen molar-refractivity contribution in [3.63, 3.8) is 0 Å². The van der Waals surface area contributed by atoms with Crippen molar-refractivity contribution in [2.45, 2.75) is 0 Å². The van der Waals surface area contributed by atoms with Crippen molar-refractivity contribution in [2.75, 3.05) is 0 Å². The average molecular weight is 1310 g/mol. The van der Waals surface area contributed by atoms with Crippen LogP contribution in [0.1, 0.15) is 0 Å². The van der Waals surface area contributed by atoms with Crippen molar-refractivity contribution in [1.82, 2.24) is 24.1 Å². The van der Waals surface area contributed by atoms with Crippen LogP contribution in [-0.2, 0) is 0 Å². The molecule has 15 aromatic carbocycles. The van der Waals surface area contributed by atoms with E-state index in [-0.39, 0.29) is 0 Å². The number of benzene rings is 15. The fourth-order valence-corrected chi connectivity index (χ4v) is 25.4. The number of rotatable bonds is 15. The second-order valence-corrected chi connectivity index (χ2v) is 33.4. The Kier molecular flexibility index (Phi) is 15.2. The minimum absolute atomic E-state index is 0.519. The molecule has 0 aliphatic carbocycles. The monoisotopic (exact) mass is 1310 g/mol. The summed E-state index contributed by atoms with van der Waals surface area (Å²) in [6, 6.07) is 146. The van der Waals surface area contributed by atoms with Crippen LogP contribution < -0.4 is 41.5 Å². The third-order valence-corrected chi connectivity index (χ3v) is 29.8. The Morgan fingerprint density at radius 2 is 0.390 bits per heavy atom. The fourth-order valence-electron chi connectivity index (χ4n) is 15.7. The lowest BCUT2D eigenvalue weighted by Crippen LogP contribution is -2.78. The maximum absolute atomic E-state index is 5.94. The summed E-state index contributed by atoms with van der Waals surface area (Å²) in [6.07, 6.45) is 0. The zero-order chi connectivity index (χ0) is 66.4. The summed E-state index contributed by atoms with van der Waals surface area (Å²) >= 11 is 0. The molecule has 3 aromatic heterocycles. The predicted octanol–water partition coefficient (Wildman–Crippen LogP) is 17.2. The molecule has 100 heavy (non-hydrogen) atoms. The highest BCUT2D eigenvalue weighted by molar-refractivity contribution is 7.22. The quantitative estimate of drug-likeness (QED) is 0.0759. The molecule has 0 atom stereocenters. The van der Waals surface area contributed by atoms with Gasteiger partial charge in [0.25, 0.3) is 0 Å². The van der Waals surface area contributed by atoms with Crippen LogP contribution >= 0.6 is 0 Å². The molecule has 0 bridgehead atoms. The maximum Gasteiger partial charge on any atom is 0.240 e. The van der Waals surface area contributed by atoms with Gasteiger partial charge in [-0.15, -0.1) is 0 Å². The van der Waals surface area contributed by atoms with Gasteiger partial charge in [-0.3, -0.25) is 9.13 Å². The average Bonchev–Trinajstić information content (AvgIpc) is 0.953. The van der Waals surface area contributed by atoms with E-state index in [2.05, 4.69) is 403 Å². The minimum atomic E-state index is -3.57. The lowest BCUT2D eigenvalue weighted by molar-refractivity contribution is 0.893. The van der Waals surface area contributed by atoms with E-state index in [1.807, 2.05) is 0 Å². The molecule has 0 saturated heterocycles. The molecule has 18 rings (SSSR count). The van der Waals surface area contributed by atoms with E-state index >= 15 is 0 Å². The number of para-hydroxylation sites is 4. The Bertz CT molecular complexity index is 5330. The minimum Gasteiger partial charge on any atom is -0.278 e. The summed E-state index contributed by atoms with van der Waals surface area (Å²) in [5, 5.41) is 14.3. The molecular weight excluding hydrogens is 1240 g/mol. The van der Waals surface area contributed by atoms with Gasteiger partial charge < -0.3 is 0 Å². The highest BCUT2D eigenvalue weighted by atomic mass is 28.3. The second-order valence-electron chi connectivity index (χ2n) is 25.8. The van der Waals surface area contributed by atoms with Gasteiger partial charge in [0.05, 0.1) is 22.1 Å². The van der Waals surface area contributed by atoms with Gasteiger partial charge in [0, 0.05) is 27.1 Å². The van der Waals surface area contributed by atoms with Crippen LogP contribution in [0.15, 0.2) is 394 Å². The highest BCUT2D eigenvalue weighted by Gasteiger charge is 2.47. The molecule has 0 saturated carbocycles. The first kappa shape index (κ1) is 59.8. The Hall–Kier alpha value is -12.7. The van der Waals surface area contributed by atoms with E-state index in [1.54, 1.807) is 0 Å². The Morgan fingerprint density at radius 3 is 0.660 bits per heavy atom. The summed E-state index contributed by atoms with van der Waals surface area (Å²) in [7, 11) is -7.14. The van der Waals surface area contributed by atoms with E-state index in [9.17, 15) is 0 Å². The molecule has 3 heterocycles. The molecule has 0 amide bonds. The number of hydrogen-bond donors (Lipinski definition) is 0. The molecule has 0 aliphatic rings. The van der Waals surface area contributed by atoms with E-state index in [0.717, 1.165) is 71.4 Å². The maximum atomic E-state index is 5.94. The van der Waals surface area contributed by atoms with Gasteiger partial charge in [0.2, 0.25) is 11.9 Å². The van der Waals surface area contributed by atoms with Gasteiger partial charge in [-0.05, 0) is 110 Å². The molecule has 18 aromatic rings. The number of hydrogen-bond acceptors (Lipinski definition) is 3. The van der Waals surface area contributed by atoms with E-state index in [0.29, 0.717) is 17.7 Å². The topological polar surface area (TPSA) is 48.5 Å². The van der Waals surface area contributed by atoms with Crippen molar-refractivity contribution in [3.8, 4) is 67.8 Å². The second kappa shape index (κ2) is 25.4. The Balaban J connectivity index is 1.01. The molecule has 0 spiro atoms. The van der Waals surface area contributed by atoms with Crippen LogP contribution in [0.25, 0.3) is 111 Å². The van der Waals surface area contributed by atoms with Gasteiger partial charge in [-0.2, -0.15) is 15.0 Å². The number of aromatic nitrogens is 5. The smallest absolute Gasteiger partial charge is 0.240 e. The van der Waals surface area contributed by atoms with Crippen molar-refractivity contribution in [1.29, 1.82) is 0 Å². The standard InChI is InChI=1S/C93H65N5Si2/c1-7-27-66(28-8-1)70-47-55-77(56-48-70)99(75-35-15-5-16-36-75,78-57-49-71(50-58-78)67-29-9-2-10-30-67)81-63-74(91-94-92(97-87-43-23-19-39-83(87)84-40-20-24-44-88(84)97)96-93(95-91)98-89-45-25-21-41-85(89)86-42-22-26-46-90(86)98)64-82(65-81)100(76-37-17-6-18-38-76,79-59-51-72(52-60-79)68-31-11-3-12-32-68)80-61-53-73(54-62-80)69-33-13-4-14-34-69/h1-65H. The summed E-state index contributed by atoms with van der Waals surface area (Å²) < 4.78 is 4.49. The molecule has 0 fully saturated rings. The van der Waals surface area contributed by atoms with Gasteiger partial charge >= 0.3 is 0 Å². The van der Waals surface area contributed by atoms with Crippen molar-refractivity contribution >= 4 is 101 Å². The third-order valence-electron chi connectivity index (χ3n) is 20.3. The molecule has 0 N–H and O–H groups in total. The van der Waals surface area contributed by atoms with E-state index in [1.165, 1.54) is 63.7 Å². The van der Waals surface area contributed by atoms with Gasteiger partial charge in [-0.25, -0.2) is 0 Å². The summed E-state index contributed by atoms with van der Waals surface area (Å²) in [4.78, 5) is 17.6. The van der Waals surface area contributed by atoms with Crippen LogP contribution in [0.4, 0.5) is 0 Å². The van der Waals surface area contributed by atoms with E-state index in [4.69, 9.17) is 15.0 Å². The SMILES string of the molecule is c1ccc(-c2ccc([Si](c3ccccc3)(c3ccc(-c4ccccc4)cc3)c3cc(-c4nc(-n5c6ccccc6c6ccccc65)nc(-n5c6ccccc6c6ccccc65)n4)cc([Si](c4ccccc4)(c4ccc(-c5ccccc5)cc4)c4ccc(-c5ccccc5)cc4)c3)cc2)cc1.